The van der Waals surface area contributed by atoms with Crippen molar-refractivity contribution in [1.29, 1.82) is 0 Å². The molecule has 7 aromatic carbocycles. The van der Waals surface area contributed by atoms with Crippen molar-refractivity contribution in [3.8, 4) is 56.8 Å². The van der Waals surface area contributed by atoms with Gasteiger partial charge in [0.15, 0.2) is 23.2 Å². The van der Waals surface area contributed by atoms with E-state index in [0.29, 0.717) is 23.2 Å². The van der Waals surface area contributed by atoms with E-state index in [2.05, 4.69) is 126 Å². The Balaban J connectivity index is 1.13. The van der Waals surface area contributed by atoms with E-state index >= 15 is 0 Å². The van der Waals surface area contributed by atoms with E-state index < -0.39 is 5.41 Å². The molecule has 0 bridgehead atoms. The Morgan fingerprint density at radius 1 is 0.404 bits per heavy atom. The van der Waals surface area contributed by atoms with Crippen LogP contribution in [-0.2, 0) is 5.41 Å². The van der Waals surface area contributed by atoms with Crippen molar-refractivity contribution in [2.75, 3.05) is 0 Å². The first kappa shape index (κ1) is 30.9. The third kappa shape index (κ3) is 5.31. The molecule has 0 unspecified atom stereocenters. The molecule has 0 radical (unpaired) electrons. The summed E-state index contributed by atoms with van der Waals surface area (Å²) in [5.41, 5.74) is 9.28. The fourth-order valence-corrected chi connectivity index (χ4v) is 7.24. The molecule has 0 saturated heterocycles. The van der Waals surface area contributed by atoms with Gasteiger partial charge in [-0.2, -0.15) is 0 Å². The summed E-state index contributed by atoms with van der Waals surface area (Å²) in [5.74, 6) is 3.39. The van der Waals surface area contributed by atoms with Crippen molar-refractivity contribution in [3.63, 3.8) is 0 Å². The molecule has 9 rings (SSSR count). The van der Waals surface area contributed by atoms with E-state index in [-0.39, 0.29) is 0 Å². The second-order valence-electron chi connectivity index (χ2n) is 12.7. The van der Waals surface area contributed by atoms with Gasteiger partial charge in [0, 0.05) is 27.8 Å². The molecule has 8 aromatic rings. The molecule has 5 nitrogen and oxygen atoms in total. The quantitative estimate of drug-likeness (QED) is 0.166. The van der Waals surface area contributed by atoms with Crippen LogP contribution < -0.4 is 4.74 Å². The second-order valence-corrected chi connectivity index (χ2v) is 12.7. The summed E-state index contributed by atoms with van der Waals surface area (Å²) in [4.78, 5) is 18.1. The molecular weight excluding hydrogens is 637 g/mol. The smallest absolute Gasteiger partial charge is 0.187 e. The second kappa shape index (κ2) is 12.9. The van der Waals surface area contributed by atoms with E-state index in [0.717, 1.165) is 50.4 Å². The van der Waals surface area contributed by atoms with Gasteiger partial charge in [-0.05, 0) is 34.4 Å². The van der Waals surface area contributed by atoms with Crippen molar-refractivity contribution in [1.82, 2.24) is 15.0 Å². The SMILES string of the molecule is [C-]#[N+]c1ccc(-c2nc(-c3ccccc3)nc(-c3ccc(-c4ccc5c(c4)Oc4ccccc4C5(c4ccccc4)c4ccccc4)cc3)n2)cc1. The van der Waals surface area contributed by atoms with Crippen molar-refractivity contribution >= 4 is 5.69 Å². The van der Waals surface area contributed by atoms with Crippen LogP contribution >= 0.6 is 0 Å². The standard InChI is InChI=1S/C47H30N4O/c1-48-39-28-25-35(26-29-39)46-50-44(33-13-5-2-6-14-33)49-45(51-46)34-23-21-32(22-24-34)36-27-30-41-43(31-36)52-42-20-12-11-19-40(42)47(41,37-15-7-3-8-16-37)38-17-9-4-10-18-38/h2-31H. The van der Waals surface area contributed by atoms with Crippen LogP contribution in [0.2, 0.25) is 0 Å². The molecule has 0 fully saturated rings. The average Bonchev–Trinajstić information content (AvgIpc) is 3.23. The van der Waals surface area contributed by atoms with Gasteiger partial charge in [0.2, 0.25) is 0 Å². The number of benzene rings is 7. The largest absolute Gasteiger partial charge is 0.457 e. The fourth-order valence-electron chi connectivity index (χ4n) is 7.24. The minimum absolute atomic E-state index is 0.553. The summed E-state index contributed by atoms with van der Waals surface area (Å²) in [6.45, 7) is 7.33. The Kier molecular flexibility index (Phi) is 7.68. The molecular formula is C47H30N4O. The molecule has 1 aromatic heterocycles. The van der Waals surface area contributed by atoms with Gasteiger partial charge >= 0.3 is 0 Å². The number of rotatable bonds is 6. The van der Waals surface area contributed by atoms with Crippen LogP contribution in [0, 0.1) is 6.57 Å². The highest BCUT2D eigenvalue weighted by molar-refractivity contribution is 5.76. The van der Waals surface area contributed by atoms with E-state index in [1.807, 2.05) is 48.5 Å². The van der Waals surface area contributed by atoms with Crippen LogP contribution in [0.25, 0.3) is 50.1 Å². The predicted molar refractivity (Wildman–Crippen MR) is 206 cm³/mol. The summed E-state index contributed by atoms with van der Waals surface area (Å²) in [6.07, 6.45) is 0. The Bertz CT molecular complexity index is 2540. The molecule has 0 N–H and O–H groups in total. The van der Waals surface area contributed by atoms with Gasteiger partial charge in [0.25, 0.3) is 0 Å². The Labute approximate surface area is 302 Å². The number of hydrogen-bond donors (Lipinski definition) is 0. The zero-order chi connectivity index (χ0) is 34.9. The summed E-state index contributed by atoms with van der Waals surface area (Å²) < 4.78 is 6.71. The Morgan fingerprint density at radius 2 is 0.846 bits per heavy atom. The van der Waals surface area contributed by atoms with Crippen LogP contribution in [-0.4, -0.2) is 15.0 Å². The molecule has 0 amide bonds. The van der Waals surface area contributed by atoms with Crippen molar-refractivity contribution in [2.45, 2.75) is 5.41 Å². The minimum Gasteiger partial charge on any atom is -0.457 e. The summed E-state index contributed by atoms with van der Waals surface area (Å²) in [6, 6.07) is 61.9. The highest BCUT2D eigenvalue weighted by Crippen LogP contribution is 2.55. The minimum atomic E-state index is -0.557. The van der Waals surface area contributed by atoms with Crippen molar-refractivity contribution in [2.24, 2.45) is 0 Å². The molecule has 1 aliphatic rings. The summed E-state index contributed by atoms with van der Waals surface area (Å²) in [5, 5.41) is 0. The number of hydrogen-bond acceptors (Lipinski definition) is 4. The Morgan fingerprint density at radius 3 is 1.42 bits per heavy atom. The molecule has 5 heteroatoms. The predicted octanol–water partition coefficient (Wildman–Crippen LogP) is 11.6. The Hall–Kier alpha value is -7.16. The van der Waals surface area contributed by atoms with Gasteiger partial charge in [0.05, 0.1) is 12.0 Å². The molecule has 0 aliphatic carbocycles. The highest BCUT2D eigenvalue weighted by atomic mass is 16.5. The number of para-hydroxylation sites is 1. The third-order valence-electron chi connectivity index (χ3n) is 9.71. The number of ether oxygens (including phenoxy) is 1. The van der Waals surface area contributed by atoms with E-state index in [1.54, 1.807) is 12.1 Å². The molecule has 0 atom stereocenters. The van der Waals surface area contributed by atoms with Gasteiger partial charge in [0.1, 0.15) is 11.5 Å². The first-order valence-corrected chi connectivity index (χ1v) is 17.1. The maximum absolute atomic E-state index is 7.33. The lowest BCUT2D eigenvalue weighted by Crippen LogP contribution is -2.34. The summed E-state index contributed by atoms with van der Waals surface area (Å²) in [7, 11) is 0. The monoisotopic (exact) mass is 666 g/mol. The zero-order valence-electron chi connectivity index (χ0n) is 28.0. The lowest BCUT2D eigenvalue weighted by atomic mass is 9.63. The molecule has 0 saturated carbocycles. The van der Waals surface area contributed by atoms with Gasteiger partial charge in [-0.3, -0.25) is 0 Å². The zero-order valence-corrected chi connectivity index (χ0v) is 28.0. The third-order valence-corrected chi connectivity index (χ3v) is 9.71. The van der Waals surface area contributed by atoms with Crippen molar-refractivity contribution < 1.29 is 4.74 Å². The van der Waals surface area contributed by atoms with Crippen LogP contribution in [0.5, 0.6) is 11.5 Å². The number of nitrogens with zero attached hydrogens (tertiary/aromatic N) is 4. The molecule has 0 spiro atoms. The van der Waals surface area contributed by atoms with Crippen LogP contribution in [0.1, 0.15) is 22.3 Å². The van der Waals surface area contributed by atoms with Crippen LogP contribution in [0.4, 0.5) is 5.69 Å². The summed E-state index contributed by atoms with van der Waals surface area (Å²) >= 11 is 0. The molecule has 2 heterocycles. The normalized spacial score (nSPS) is 12.5. The van der Waals surface area contributed by atoms with Crippen molar-refractivity contribution in [3.05, 3.63) is 216 Å². The van der Waals surface area contributed by atoms with E-state index in [9.17, 15) is 0 Å². The lowest BCUT2D eigenvalue weighted by molar-refractivity contribution is 0.435. The average molecular weight is 667 g/mol. The van der Waals surface area contributed by atoms with Gasteiger partial charge < -0.3 is 4.74 Å². The maximum atomic E-state index is 7.33. The molecule has 244 valence electrons. The highest BCUT2D eigenvalue weighted by Gasteiger charge is 2.45. The maximum Gasteiger partial charge on any atom is 0.187 e. The first-order valence-electron chi connectivity index (χ1n) is 17.1. The number of aromatic nitrogens is 3. The van der Waals surface area contributed by atoms with E-state index in [1.165, 1.54) is 11.1 Å². The number of fused-ring (bicyclic) bond motifs is 2. The van der Waals surface area contributed by atoms with E-state index in [4.69, 9.17) is 26.3 Å². The lowest BCUT2D eigenvalue weighted by Gasteiger charge is -2.41. The van der Waals surface area contributed by atoms with Crippen LogP contribution in [0.3, 0.4) is 0 Å². The topological polar surface area (TPSA) is 52.3 Å². The fraction of sp³-hybridized carbons (Fsp3) is 0.0213. The van der Waals surface area contributed by atoms with Gasteiger partial charge in [-0.25, -0.2) is 19.8 Å². The first-order chi connectivity index (χ1) is 25.7. The molecule has 1 aliphatic heterocycles. The van der Waals surface area contributed by atoms with Gasteiger partial charge in [-0.1, -0.05) is 170 Å². The molecule has 52 heavy (non-hydrogen) atoms. The van der Waals surface area contributed by atoms with Crippen LogP contribution in [0.15, 0.2) is 182 Å². The van der Waals surface area contributed by atoms with Gasteiger partial charge in [-0.15, -0.1) is 0 Å².